The molecule has 1 N–H and O–H groups in total. The number of hydrogen-bond acceptors (Lipinski definition) is 5. The van der Waals surface area contributed by atoms with E-state index in [4.69, 9.17) is 0 Å². The predicted molar refractivity (Wildman–Crippen MR) is 87.2 cm³/mol. The van der Waals surface area contributed by atoms with E-state index in [-0.39, 0.29) is 5.56 Å². The molecule has 0 saturated heterocycles. The molecule has 0 saturated carbocycles. The molecule has 0 amide bonds. The summed E-state index contributed by atoms with van der Waals surface area (Å²) >= 11 is 1.61. The van der Waals surface area contributed by atoms with Crippen LogP contribution in [0.3, 0.4) is 0 Å². The van der Waals surface area contributed by atoms with E-state index in [1.165, 1.54) is 0 Å². The average Bonchev–Trinajstić information content (AvgIpc) is 3.01. The van der Waals surface area contributed by atoms with E-state index in [1.54, 1.807) is 28.2 Å². The Kier molecular flexibility index (Phi) is 3.79. The van der Waals surface area contributed by atoms with Crippen LogP contribution in [0.1, 0.15) is 12.5 Å². The summed E-state index contributed by atoms with van der Waals surface area (Å²) in [7, 11) is 0. The molecule has 0 bridgehead atoms. The molecular weight excluding hydrogens is 284 g/mol. The number of rotatable bonds is 4. The standard InChI is InChI=1S/C15H14N4OS/c1-2-19-14(20)12-5-3-4-6-13(12)17-15(19)18-16-9-11-7-8-21-10-11/h3-10H,2H2,1H3,(H,17,18)/b16-9-. The summed E-state index contributed by atoms with van der Waals surface area (Å²) in [4.78, 5) is 16.9. The second-order valence-electron chi connectivity index (χ2n) is 4.43. The van der Waals surface area contributed by atoms with E-state index >= 15 is 0 Å². The number of nitrogens with zero attached hydrogens (tertiary/aromatic N) is 3. The molecule has 1 aromatic carbocycles. The van der Waals surface area contributed by atoms with Gasteiger partial charge in [0.05, 0.1) is 17.1 Å². The third-order valence-corrected chi connectivity index (χ3v) is 3.80. The lowest BCUT2D eigenvalue weighted by atomic mass is 10.2. The molecule has 106 valence electrons. The lowest BCUT2D eigenvalue weighted by Crippen LogP contribution is -2.23. The molecule has 2 heterocycles. The van der Waals surface area contributed by atoms with Crippen LogP contribution < -0.4 is 11.0 Å². The van der Waals surface area contributed by atoms with Gasteiger partial charge in [0.2, 0.25) is 5.95 Å². The predicted octanol–water partition coefficient (Wildman–Crippen LogP) is 2.92. The Morgan fingerprint density at radius 1 is 1.38 bits per heavy atom. The van der Waals surface area contributed by atoms with Gasteiger partial charge in [0.15, 0.2) is 0 Å². The fraction of sp³-hybridized carbons (Fsp3) is 0.133. The maximum atomic E-state index is 12.4. The molecule has 2 aromatic heterocycles. The van der Waals surface area contributed by atoms with Crippen molar-refractivity contribution in [3.63, 3.8) is 0 Å². The van der Waals surface area contributed by atoms with Crippen molar-refractivity contribution in [3.05, 3.63) is 57.0 Å². The van der Waals surface area contributed by atoms with Gasteiger partial charge in [-0.25, -0.2) is 10.4 Å². The first-order valence-corrected chi connectivity index (χ1v) is 7.54. The number of hydrazone groups is 1. The van der Waals surface area contributed by atoms with Crippen LogP contribution in [0.15, 0.2) is 51.0 Å². The first-order chi connectivity index (χ1) is 10.3. The summed E-state index contributed by atoms with van der Waals surface area (Å²) in [6.45, 7) is 2.44. The van der Waals surface area contributed by atoms with Crippen LogP contribution in [0.25, 0.3) is 10.9 Å². The van der Waals surface area contributed by atoms with Gasteiger partial charge >= 0.3 is 0 Å². The minimum Gasteiger partial charge on any atom is -0.277 e. The molecule has 5 nitrogen and oxygen atoms in total. The zero-order chi connectivity index (χ0) is 14.7. The number of thiophene rings is 1. The maximum Gasteiger partial charge on any atom is 0.262 e. The quantitative estimate of drug-likeness (QED) is 0.595. The highest BCUT2D eigenvalue weighted by Gasteiger charge is 2.08. The molecule has 21 heavy (non-hydrogen) atoms. The van der Waals surface area contributed by atoms with Crippen LogP contribution >= 0.6 is 11.3 Å². The van der Waals surface area contributed by atoms with Crippen LogP contribution in [0, 0.1) is 0 Å². The van der Waals surface area contributed by atoms with Crippen molar-refractivity contribution in [2.24, 2.45) is 5.10 Å². The van der Waals surface area contributed by atoms with Crippen molar-refractivity contribution in [1.29, 1.82) is 0 Å². The molecule has 0 aliphatic rings. The van der Waals surface area contributed by atoms with Crippen molar-refractivity contribution in [3.8, 4) is 0 Å². The Morgan fingerprint density at radius 2 is 2.24 bits per heavy atom. The highest BCUT2D eigenvalue weighted by Crippen LogP contribution is 2.11. The van der Waals surface area contributed by atoms with E-state index in [2.05, 4.69) is 15.5 Å². The fourth-order valence-corrected chi connectivity index (χ4v) is 2.67. The number of hydrogen-bond donors (Lipinski definition) is 1. The molecule has 3 rings (SSSR count). The fourth-order valence-electron chi connectivity index (χ4n) is 2.06. The van der Waals surface area contributed by atoms with Gasteiger partial charge < -0.3 is 0 Å². The van der Waals surface area contributed by atoms with E-state index in [9.17, 15) is 4.79 Å². The smallest absolute Gasteiger partial charge is 0.262 e. The van der Waals surface area contributed by atoms with Crippen molar-refractivity contribution in [2.75, 3.05) is 5.43 Å². The van der Waals surface area contributed by atoms with Crippen LogP contribution in [0.2, 0.25) is 0 Å². The zero-order valence-corrected chi connectivity index (χ0v) is 12.3. The SMILES string of the molecule is CCn1c(N/N=C\c2ccsc2)nc2ccccc2c1=O. The van der Waals surface area contributed by atoms with Crippen molar-refractivity contribution >= 4 is 34.4 Å². The Bertz CT molecular complexity index is 837. The van der Waals surface area contributed by atoms with Gasteiger partial charge in [-0.2, -0.15) is 16.4 Å². The third-order valence-electron chi connectivity index (χ3n) is 3.10. The minimum absolute atomic E-state index is 0.0590. The Labute approximate surface area is 125 Å². The summed E-state index contributed by atoms with van der Waals surface area (Å²) < 4.78 is 1.58. The number of benzene rings is 1. The normalized spacial score (nSPS) is 11.3. The lowest BCUT2D eigenvalue weighted by molar-refractivity contribution is 0.724. The van der Waals surface area contributed by atoms with Gasteiger partial charge in [-0.3, -0.25) is 9.36 Å². The van der Waals surface area contributed by atoms with Gasteiger partial charge in [0.25, 0.3) is 5.56 Å². The average molecular weight is 298 g/mol. The van der Waals surface area contributed by atoms with Crippen LogP contribution in [0.4, 0.5) is 5.95 Å². The van der Waals surface area contributed by atoms with E-state index in [1.807, 2.05) is 41.9 Å². The van der Waals surface area contributed by atoms with Gasteiger partial charge in [-0.05, 0) is 35.9 Å². The molecule has 3 aromatic rings. The van der Waals surface area contributed by atoms with Crippen molar-refractivity contribution in [1.82, 2.24) is 9.55 Å². The van der Waals surface area contributed by atoms with E-state index in [0.717, 1.165) is 5.56 Å². The Hall–Kier alpha value is -2.47. The molecule has 0 aliphatic carbocycles. The van der Waals surface area contributed by atoms with Crippen LogP contribution in [0.5, 0.6) is 0 Å². The monoisotopic (exact) mass is 298 g/mol. The molecule has 0 radical (unpaired) electrons. The van der Waals surface area contributed by atoms with Crippen LogP contribution in [-0.4, -0.2) is 15.8 Å². The molecule has 0 unspecified atom stereocenters. The summed E-state index contributed by atoms with van der Waals surface area (Å²) in [6, 6.07) is 9.28. The van der Waals surface area contributed by atoms with Gasteiger partial charge in [-0.1, -0.05) is 12.1 Å². The zero-order valence-electron chi connectivity index (χ0n) is 11.5. The van der Waals surface area contributed by atoms with Crippen molar-refractivity contribution in [2.45, 2.75) is 13.5 Å². The van der Waals surface area contributed by atoms with E-state index < -0.39 is 0 Å². The molecule has 0 spiro atoms. The summed E-state index contributed by atoms with van der Waals surface area (Å²) in [5.74, 6) is 0.452. The highest BCUT2D eigenvalue weighted by atomic mass is 32.1. The van der Waals surface area contributed by atoms with E-state index in [0.29, 0.717) is 23.4 Å². The number of nitrogens with one attached hydrogen (secondary N) is 1. The molecule has 0 atom stereocenters. The minimum atomic E-state index is -0.0590. The highest BCUT2D eigenvalue weighted by molar-refractivity contribution is 7.08. The first kappa shape index (κ1) is 13.5. The molecule has 6 heteroatoms. The molecule has 0 fully saturated rings. The number of aromatic nitrogens is 2. The summed E-state index contributed by atoms with van der Waals surface area (Å²) in [5, 5.41) is 8.74. The third kappa shape index (κ3) is 2.71. The second kappa shape index (κ2) is 5.88. The van der Waals surface area contributed by atoms with Gasteiger partial charge in [0, 0.05) is 12.1 Å². The molecule has 0 aliphatic heterocycles. The number of para-hydroxylation sites is 1. The first-order valence-electron chi connectivity index (χ1n) is 6.60. The van der Waals surface area contributed by atoms with Crippen molar-refractivity contribution < 1.29 is 0 Å². The number of fused-ring (bicyclic) bond motifs is 1. The number of anilines is 1. The van der Waals surface area contributed by atoms with Gasteiger partial charge in [-0.15, -0.1) is 0 Å². The summed E-state index contributed by atoms with van der Waals surface area (Å²) in [6.07, 6.45) is 1.71. The lowest BCUT2D eigenvalue weighted by Gasteiger charge is -2.10. The summed E-state index contributed by atoms with van der Waals surface area (Å²) in [5.41, 5.74) is 4.48. The maximum absolute atomic E-state index is 12.4. The van der Waals surface area contributed by atoms with Gasteiger partial charge in [0.1, 0.15) is 0 Å². The second-order valence-corrected chi connectivity index (χ2v) is 5.21. The topological polar surface area (TPSA) is 59.3 Å². The Morgan fingerprint density at radius 3 is 3.00 bits per heavy atom. The largest absolute Gasteiger partial charge is 0.277 e. The van der Waals surface area contributed by atoms with Crippen LogP contribution in [-0.2, 0) is 6.54 Å². The molecular formula is C15H14N4OS. The Balaban J connectivity index is 1.99.